The Labute approximate surface area is 167 Å². The van der Waals surface area contributed by atoms with Crippen molar-refractivity contribution in [2.75, 3.05) is 18.4 Å². The van der Waals surface area contributed by atoms with Gasteiger partial charge in [0, 0.05) is 31.2 Å². The summed E-state index contributed by atoms with van der Waals surface area (Å²) in [6.07, 6.45) is 11.2. The van der Waals surface area contributed by atoms with Gasteiger partial charge in [-0.25, -0.2) is 4.79 Å². The molecule has 0 spiro atoms. The minimum atomic E-state index is -0.455. The van der Waals surface area contributed by atoms with Crippen LogP contribution in [0.15, 0.2) is 29.5 Å². The van der Waals surface area contributed by atoms with Crippen LogP contribution >= 0.6 is 0 Å². The summed E-state index contributed by atoms with van der Waals surface area (Å²) >= 11 is 0. The quantitative estimate of drug-likeness (QED) is 0.243. The number of nitrogens with one attached hydrogen (secondary N) is 3. The van der Waals surface area contributed by atoms with E-state index in [2.05, 4.69) is 25.9 Å². The van der Waals surface area contributed by atoms with Gasteiger partial charge in [0.15, 0.2) is 0 Å². The Morgan fingerprint density at radius 3 is 2.21 bits per heavy atom. The number of hydrogen-bond donors (Lipinski definition) is 3. The van der Waals surface area contributed by atoms with Gasteiger partial charge in [-0.2, -0.15) is 5.26 Å². The maximum atomic E-state index is 11.5. The number of unbranched alkanes of at least 4 members (excludes halogenated alkanes) is 5. The van der Waals surface area contributed by atoms with Gasteiger partial charge >= 0.3 is 6.09 Å². The Balaban J connectivity index is 2.02. The molecule has 1 rings (SSSR count). The lowest BCUT2D eigenvalue weighted by atomic mass is 10.1. The molecule has 8 heteroatoms. The summed E-state index contributed by atoms with van der Waals surface area (Å²) in [6, 6.07) is 3.62. The zero-order valence-electron chi connectivity index (χ0n) is 17.1. The Bertz CT molecular complexity index is 634. The van der Waals surface area contributed by atoms with Crippen molar-refractivity contribution in [1.29, 1.82) is 5.26 Å². The Kier molecular flexibility index (Phi) is 11.1. The van der Waals surface area contributed by atoms with Crippen LogP contribution in [0.3, 0.4) is 0 Å². The van der Waals surface area contributed by atoms with Crippen molar-refractivity contribution in [3.8, 4) is 6.19 Å². The molecule has 1 aromatic rings. The van der Waals surface area contributed by atoms with Crippen LogP contribution in [0.5, 0.6) is 0 Å². The fraction of sp³-hybridized carbons (Fsp3) is 0.600. The largest absolute Gasteiger partial charge is 0.444 e. The molecule has 1 heterocycles. The van der Waals surface area contributed by atoms with Crippen molar-refractivity contribution in [2.45, 2.75) is 64.9 Å². The van der Waals surface area contributed by atoms with E-state index in [9.17, 15) is 4.79 Å². The number of hydrogen-bond acceptors (Lipinski definition) is 5. The number of guanidine groups is 1. The van der Waals surface area contributed by atoms with Crippen molar-refractivity contribution >= 4 is 17.7 Å². The SMILES string of the molecule is CC(C)(C)OC(=O)NCCCCCCCCNC(=NC#N)Nc1ccncc1. The summed E-state index contributed by atoms with van der Waals surface area (Å²) in [5, 5.41) is 17.8. The molecule has 0 saturated carbocycles. The topological polar surface area (TPSA) is 111 Å². The average molecular weight is 389 g/mol. The van der Waals surface area contributed by atoms with Gasteiger partial charge in [-0.1, -0.05) is 25.7 Å². The van der Waals surface area contributed by atoms with Crippen molar-refractivity contribution in [3.05, 3.63) is 24.5 Å². The van der Waals surface area contributed by atoms with Crippen LogP contribution < -0.4 is 16.0 Å². The first-order chi connectivity index (χ1) is 13.4. The number of ether oxygens (including phenoxy) is 1. The van der Waals surface area contributed by atoms with Gasteiger partial charge in [0.2, 0.25) is 12.2 Å². The number of pyridine rings is 1. The Morgan fingerprint density at radius 2 is 1.64 bits per heavy atom. The van der Waals surface area contributed by atoms with Gasteiger partial charge in [-0.15, -0.1) is 4.99 Å². The standard InChI is InChI=1S/C20H32N6O2/c1-20(2,3)28-19(27)24-13-9-7-5-4-6-8-12-23-18(25-16-21)26-17-10-14-22-15-11-17/h10-11,14-15H,4-9,12-13H2,1-3H3,(H,24,27)(H2,22,23,25,26). The van der Waals surface area contributed by atoms with Crippen molar-refractivity contribution in [2.24, 2.45) is 4.99 Å². The minimum Gasteiger partial charge on any atom is -0.444 e. The van der Waals surface area contributed by atoms with Crippen LogP contribution in [-0.4, -0.2) is 35.7 Å². The van der Waals surface area contributed by atoms with Crippen LogP contribution in [0.4, 0.5) is 10.5 Å². The predicted molar refractivity (Wildman–Crippen MR) is 111 cm³/mol. The first kappa shape index (κ1) is 23.2. The number of carbonyl (C=O) groups excluding carboxylic acids is 1. The highest BCUT2D eigenvalue weighted by Crippen LogP contribution is 2.07. The molecule has 0 unspecified atom stereocenters. The number of amides is 1. The molecule has 0 bridgehead atoms. The summed E-state index contributed by atoms with van der Waals surface area (Å²) in [4.78, 5) is 19.2. The van der Waals surface area contributed by atoms with E-state index in [0.29, 0.717) is 12.5 Å². The second-order valence-electron chi connectivity index (χ2n) is 7.40. The van der Waals surface area contributed by atoms with Crippen molar-refractivity contribution in [3.63, 3.8) is 0 Å². The molecule has 0 saturated heterocycles. The fourth-order valence-electron chi connectivity index (χ4n) is 2.40. The normalized spacial score (nSPS) is 11.4. The molecule has 28 heavy (non-hydrogen) atoms. The number of nitriles is 1. The summed E-state index contributed by atoms with van der Waals surface area (Å²) in [5.41, 5.74) is 0.375. The van der Waals surface area contributed by atoms with Crippen LogP contribution in [0.1, 0.15) is 59.3 Å². The number of anilines is 1. The third-order valence-electron chi connectivity index (χ3n) is 3.67. The number of nitrogens with zero attached hydrogens (tertiary/aromatic N) is 3. The molecular weight excluding hydrogens is 356 g/mol. The zero-order valence-corrected chi connectivity index (χ0v) is 17.1. The van der Waals surface area contributed by atoms with Crippen molar-refractivity contribution < 1.29 is 9.53 Å². The molecule has 0 fully saturated rings. The summed E-state index contributed by atoms with van der Waals surface area (Å²) in [6.45, 7) is 6.95. The molecule has 1 amide bonds. The van der Waals surface area contributed by atoms with E-state index >= 15 is 0 Å². The van der Waals surface area contributed by atoms with Gasteiger partial charge in [-0.05, 0) is 45.7 Å². The molecule has 0 radical (unpaired) electrons. The summed E-state index contributed by atoms with van der Waals surface area (Å²) < 4.78 is 5.19. The van der Waals surface area contributed by atoms with Crippen LogP contribution in [0.25, 0.3) is 0 Å². The van der Waals surface area contributed by atoms with Crippen LogP contribution in [0.2, 0.25) is 0 Å². The van der Waals surface area contributed by atoms with Crippen LogP contribution in [0, 0.1) is 11.5 Å². The van der Waals surface area contributed by atoms with E-state index in [4.69, 9.17) is 10.00 Å². The van der Waals surface area contributed by atoms with Crippen LogP contribution in [-0.2, 0) is 4.74 Å². The Hall–Kier alpha value is -2.82. The third kappa shape index (κ3) is 12.5. The maximum absolute atomic E-state index is 11.5. The number of alkyl carbamates (subject to hydrolysis) is 1. The minimum absolute atomic E-state index is 0.353. The lowest BCUT2D eigenvalue weighted by molar-refractivity contribution is 0.0527. The number of aromatic nitrogens is 1. The van der Waals surface area contributed by atoms with Gasteiger partial charge in [-0.3, -0.25) is 4.98 Å². The smallest absolute Gasteiger partial charge is 0.407 e. The van der Waals surface area contributed by atoms with E-state index in [-0.39, 0.29) is 6.09 Å². The van der Waals surface area contributed by atoms with Gasteiger partial charge < -0.3 is 20.7 Å². The zero-order chi connectivity index (χ0) is 20.7. The summed E-state index contributed by atoms with van der Waals surface area (Å²) in [7, 11) is 0. The fourth-order valence-corrected chi connectivity index (χ4v) is 2.40. The lowest BCUT2D eigenvalue weighted by Crippen LogP contribution is -2.32. The molecule has 8 nitrogen and oxygen atoms in total. The molecule has 1 aromatic heterocycles. The highest BCUT2D eigenvalue weighted by molar-refractivity contribution is 5.94. The molecular formula is C20H32N6O2. The second kappa shape index (κ2) is 13.4. The van der Waals surface area contributed by atoms with E-state index < -0.39 is 5.60 Å². The first-order valence-corrected chi connectivity index (χ1v) is 9.75. The number of aliphatic imine (C=N–C) groups is 1. The molecule has 0 aliphatic heterocycles. The van der Waals surface area contributed by atoms with E-state index in [0.717, 1.165) is 50.8 Å². The first-order valence-electron chi connectivity index (χ1n) is 9.75. The van der Waals surface area contributed by atoms with E-state index in [1.807, 2.05) is 32.9 Å². The highest BCUT2D eigenvalue weighted by atomic mass is 16.6. The molecule has 3 N–H and O–H groups in total. The van der Waals surface area contributed by atoms with Gasteiger partial charge in [0.25, 0.3) is 0 Å². The van der Waals surface area contributed by atoms with Gasteiger partial charge in [0.05, 0.1) is 0 Å². The lowest BCUT2D eigenvalue weighted by Gasteiger charge is -2.19. The second-order valence-corrected chi connectivity index (χ2v) is 7.40. The van der Waals surface area contributed by atoms with Crippen molar-refractivity contribution in [1.82, 2.24) is 15.6 Å². The summed E-state index contributed by atoms with van der Waals surface area (Å²) in [5.74, 6) is 0.446. The maximum Gasteiger partial charge on any atom is 0.407 e. The molecule has 0 atom stereocenters. The molecule has 0 aliphatic rings. The monoisotopic (exact) mass is 388 g/mol. The predicted octanol–water partition coefficient (Wildman–Crippen LogP) is 3.79. The highest BCUT2D eigenvalue weighted by Gasteiger charge is 2.15. The van der Waals surface area contributed by atoms with E-state index in [1.165, 1.54) is 0 Å². The average Bonchev–Trinajstić information content (AvgIpc) is 2.62. The molecule has 0 aliphatic carbocycles. The Morgan fingerprint density at radius 1 is 1.07 bits per heavy atom. The molecule has 0 aromatic carbocycles. The number of carbonyl (C=O) groups is 1. The molecule has 154 valence electrons. The van der Waals surface area contributed by atoms with Gasteiger partial charge in [0.1, 0.15) is 5.60 Å². The third-order valence-corrected chi connectivity index (χ3v) is 3.67. The van der Waals surface area contributed by atoms with E-state index in [1.54, 1.807) is 18.6 Å². The number of rotatable bonds is 10.